The minimum atomic E-state index is -0.178. The quantitative estimate of drug-likeness (QED) is 0.777. The molecule has 16 heavy (non-hydrogen) atoms. The normalized spacial score (nSPS) is 10.6. The van der Waals surface area contributed by atoms with Gasteiger partial charge < -0.3 is 10.3 Å². The summed E-state index contributed by atoms with van der Waals surface area (Å²) in [6.07, 6.45) is 0. The highest BCUT2D eigenvalue weighted by Gasteiger charge is 2.08. The summed E-state index contributed by atoms with van der Waals surface area (Å²) in [5.74, 6) is -0.127. The number of aromatic amines is 1. The predicted molar refractivity (Wildman–Crippen MR) is 61.5 cm³/mol. The molecule has 5 heteroatoms. The van der Waals surface area contributed by atoms with Crippen molar-refractivity contribution < 1.29 is 4.79 Å². The van der Waals surface area contributed by atoms with Crippen LogP contribution in [-0.4, -0.2) is 22.0 Å². The molecular weight excluding hydrogens is 206 g/mol. The minimum Gasteiger partial charge on any atom is -0.352 e. The first kappa shape index (κ1) is 10.5. The van der Waals surface area contributed by atoms with Crippen LogP contribution >= 0.6 is 0 Å². The minimum absolute atomic E-state index is 0.127. The Morgan fingerprint density at radius 2 is 2.25 bits per heavy atom. The first-order valence-electron chi connectivity index (χ1n) is 5.10. The van der Waals surface area contributed by atoms with E-state index in [1.165, 1.54) is 4.57 Å². The molecule has 0 atom stereocenters. The molecule has 0 radical (unpaired) electrons. The fourth-order valence-corrected chi connectivity index (χ4v) is 1.63. The molecule has 2 aromatic rings. The van der Waals surface area contributed by atoms with Gasteiger partial charge in [0.2, 0.25) is 0 Å². The van der Waals surface area contributed by atoms with Crippen molar-refractivity contribution in [2.24, 2.45) is 7.05 Å². The second-order valence-corrected chi connectivity index (χ2v) is 3.58. The Kier molecular flexibility index (Phi) is 2.52. The van der Waals surface area contributed by atoms with Crippen LogP contribution in [0.25, 0.3) is 11.0 Å². The third kappa shape index (κ3) is 1.60. The van der Waals surface area contributed by atoms with Gasteiger partial charge >= 0.3 is 5.69 Å². The van der Waals surface area contributed by atoms with Crippen molar-refractivity contribution >= 4 is 16.9 Å². The molecule has 0 saturated carbocycles. The second kappa shape index (κ2) is 3.84. The molecule has 0 aliphatic rings. The van der Waals surface area contributed by atoms with Gasteiger partial charge in [-0.3, -0.25) is 9.36 Å². The van der Waals surface area contributed by atoms with Gasteiger partial charge in [-0.2, -0.15) is 0 Å². The molecule has 0 unspecified atom stereocenters. The van der Waals surface area contributed by atoms with E-state index in [2.05, 4.69) is 10.3 Å². The van der Waals surface area contributed by atoms with Crippen LogP contribution in [0.3, 0.4) is 0 Å². The maximum Gasteiger partial charge on any atom is 0.326 e. The first-order chi connectivity index (χ1) is 7.63. The molecule has 1 aromatic carbocycles. The molecule has 5 nitrogen and oxygen atoms in total. The number of nitrogens with zero attached hydrogens (tertiary/aromatic N) is 1. The number of hydrogen-bond acceptors (Lipinski definition) is 2. The van der Waals surface area contributed by atoms with Crippen molar-refractivity contribution in [2.45, 2.75) is 6.92 Å². The number of hydrogen-bond donors (Lipinski definition) is 2. The van der Waals surface area contributed by atoms with Crippen molar-refractivity contribution in [3.63, 3.8) is 0 Å². The Hall–Kier alpha value is -2.04. The highest BCUT2D eigenvalue weighted by atomic mass is 16.2. The smallest absolute Gasteiger partial charge is 0.326 e. The highest BCUT2D eigenvalue weighted by Crippen LogP contribution is 2.11. The number of aryl methyl sites for hydroxylation is 1. The SMILES string of the molecule is CCNC(=O)c1ccc2[nH]c(=O)n(C)c2c1. The summed E-state index contributed by atoms with van der Waals surface area (Å²) in [4.78, 5) is 25.7. The van der Waals surface area contributed by atoms with Gasteiger partial charge in [0.05, 0.1) is 11.0 Å². The number of benzene rings is 1. The molecule has 0 aliphatic heterocycles. The molecule has 0 fully saturated rings. The van der Waals surface area contributed by atoms with Crippen molar-refractivity contribution in [1.82, 2.24) is 14.9 Å². The van der Waals surface area contributed by atoms with Gasteiger partial charge in [-0.25, -0.2) is 4.79 Å². The summed E-state index contributed by atoms with van der Waals surface area (Å²) >= 11 is 0. The maximum absolute atomic E-state index is 11.6. The average molecular weight is 219 g/mol. The van der Waals surface area contributed by atoms with Crippen LogP contribution in [0.15, 0.2) is 23.0 Å². The Labute approximate surface area is 92.1 Å². The topological polar surface area (TPSA) is 66.9 Å². The van der Waals surface area contributed by atoms with Gasteiger partial charge in [0.25, 0.3) is 5.91 Å². The molecular formula is C11H13N3O2. The van der Waals surface area contributed by atoms with Crippen molar-refractivity contribution in [1.29, 1.82) is 0 Å². The van der Waals surface area contributed by atoms with Crippen molar-refractivity contribution in [3.8, 4) is 0 Å². The monoisotopic (exact) mass is 219 g/mol. The third-order valence-electron chi connectivity index (χ3n) is 2.50. The standard InChI is InChI=1S/C11H13N3O2/c1-3-12-10(15)7-4-5-8-9(6-7)14(2)11(16)13-8/h4-6H,3H2,1-2H3,(H,12,15)(H,13,16). The zero-order valence-electron chi connectivity index (χ0n) is 9.20. The number of H-pyrrole nitrogens is 1. The molecule has 1 heterocycles. The predicted octanol–water partition coefficient (Wildman–Crippen LogP) is 0.616. The lowest BCUT2D eigenvalue weighted by Crippen LogP contribution is -2.22. The van der Waals surface area contributed by atoms with E-state index in [-0.39, 0.29) is 11.6 Å². The van der Waals surface area contributed by atoms with Crippen LogP contribution in [0.2, 0.25) is 0 Å². The van der Waals surface area contributed by atoms with Gasteiger partial charge in [-0.05, 0) is 25.1 Å². The van der Waals surface area contributed by atoms with E-state index in [1.807, 2.05) is 6.92 Å². The number of carbonyl (C=O) groups is 1. The second-order valence-electron chi connectivity index (χ2n) is 3.58. The number of rotatable bonds is 2. The molecule has 0 saturated heterocycles. The van der Waals surface area contributed by atoms with Crippen LogP contribution in [-0.2, 0) is 7.05 Å². The van der Waals surface area contributed by atoms with E-state index < -0.39 is 0 Å². The Balaban J connectivity index is 2.55. The van der Waals surface area contributed by atoms with Crippen LogP contribution in [0.5, 0.6) is 0 Å². The van der Waals surface area contributed by atoms with Gasteiger partial charge in [-0.15, -0.1) is 0 Å². The molecule has 1 amide bonds. The molecule has 2 N–H and O–H groups in total. The van der Waals surface area contributed by atoms with E-state index in [9.17, 15) is 9.59 Å². The van der Waals surface area contributed by atoms with Crippen molar-refractivity contribution in [2.75, 3.05) is 6.54 Å². The summed E-state index contributed by atoms with van der Waals surface area (Å²) in [6.45, 7) is 2.45. The molecule has 84 valence electrons. The lowest BCUT2D eigenvalue weighted by atomic mass is 10.2. The van der Waals surface area contributed by atoms with E-state index in [4.69, 9.17) is 0 Å². The number of imidazole rings is 1. The Morgan fingerprint density at radius 3 is 2.94 bits per heavy atom. The van der Waals surface area contributed by atoms with E-state index in [0.717, 1.165) is 11.0 Å². The number of fused-ring (bicyclic) bond motifs is 1. The van der Waals surface area contributed by atoms with Crippen LogP contribution in [0.4, 0.5) is 0 Å². The summed E-state index contributed by atoms with van der Waals surface area (Å²) in [5, 5.41) is 2.72. The maximum atomic E-state index is 11.6. The van der Waals surface area contributed by atoms with E-state index in [0.29, 0.717) is 12.1 Å². The summed E-state index contributed by atoms with van der Waals surface area (Å²) in [7, 11) is 1.67. The van der Waals surface area contributed by atoms with Crippen molar-refractivity contribution in [3.05, 3.63) is 34.2 Å². The number of aromatic nitrogens is 2. The largest absolute Gasteiger partial charge is 0.352 e. The summed E-state index contributed by atoms with van der Waals surface area (Å²) in [5.41, 5.74) is 1.85. The third-order valence-corrected chi connectivity index (χ3v) is 2.50. The fourth-order valence-electron chi connectivity index (χ4n) is 1.63. The first-order valence-corrected chi connectivity index (χ1v) is 5.10. The fraction of sp³-hybridized carbons (Fsp3) is 0.273. The molecule has 0 bridgehead atoms. The zero-order chi connectivity index (χ0) is 11.7. The number of amides is 1. The van der Waals surface area contributed by atoms with Gasteiger partial charge in [0.15, 0.2) is 0 Å². The Morgan fingerprint density at radius 1 is 1.50 bits per heavy atom. The van der Waals surface area contributed by atoms with Gasteiger partial charge in [-0.1, -0.05) is 0 Å². The lowest BCUT2D eigenvalue weighted by molar-refractivity contribution is 0.0956. The Bertz CT molecular complexity index is 595. The number of carbonyl (C=O) groups excluding carboxylic acids is 1. The molecule has 0 spiro atoms. The van der Waals surface area contributed by atoms with Crippen LogP contribution in [0.1, 0.15) is 17.3 Å². The molecule has 0 aliphatic carbocycles. The summed E-state index contributed by atoms with van der Waals surface area (Å²) < 4.78 is 1.48. The van der Waals surface area contributed by atoms with Crippen LogP contribution < -0.4 is 11.0 Å². The molecule has 2 rings (SSSR count). The summed E-state index contributed by atoms with van der Waals surface area (Å²) in [6, 6.07) is 5.14. The van der Waals surface area contributed by atoms with Gasteiger partial charge in [0.1, 0.15) is 0 Å². The average Bonchev–Trinajstić information content (AvgIpc) is 2.55. The van der Waals surface area contributed by atoms with E-state index in [1.54, 1.807) is 25.2 Å². The van der Waals surface area contributed by atoms with Gasteiger partial charge in [0, 0.05) is 19.2 Å². The zero-order valence-corrected chi connectivity index (χ0v) is 9.20. The van der Waals surface area contributed by atoms with Crippen LogP contribution in [0, 0.1) is 0 Å². The molecule has 1 aromatic heterocycles. The number of nitrogens with one attached hydrogen (secondary N) is 2. The lowest BCUT2D eigenvalue weighted by Gasteiger charge is -2.02. The highest BCUT2D eigenvalue weighted by molar-refractivity contribution is 5.97. The van der Waals surface area contributed by atoms with E-state index >= 15 is 0 Å².